The zero-order chi connectivity index (χ0) is 22.4. The number of hydrogen-bond acceptors (Lipinski definition) is 6. The van der Waals surface area contributed by atoms with E-state index in [1.165, 1.54) is 11.8 Å². The molecule has 0 aliphatic carbocycles. The number of nitrogens with zero attached hydrogens (tertiary/aromatic N) is 3. The molecule has 0 aliphatic heterocycles. The fraction of sp³-hybridized carbons (Fsp3) is 0.348. The van der Waals surface area contributed by atoms with Crippen LogP contribution in [-0.2, 0) is 17.9 Å². The second-order valence-corrected chi connectivity index (χ2v) is 8.18. The number of methoxy groups -OCH3 is 1. The van der Waals surface area contributed by atoms with Crippen molar-refractivity contribution in [3.63, 3.8) is 0 Å². The Labute approximate surface area is 187 Å². The second-order valence-electron chi connectivity index (χ2n) is 7.24. The molecule has 0 aliphatic rings. The summed E-state index contributed by atoms with van der Waals surface area (Å²) in [5, 5.41) is 12.2. The first-order valence-electron chi connectivity index (χ1n) is 10.1. The van der Waals surface area contributed by atoms with Crippen molar-refractivity contribution < 1.29 is 14.3 Å². The lowest BCUT2D eigenvalue weighted by Gasteiger charge is -2.12. The van der Waals surface area contributed by atoms with Crippen molar-refractivity contribution in [3.8, 4) is 11.5 Å². The van der Waals surface area contributed by atoms with Crippen molar-refractivity contribution >= 4 is 23.4 Å². The predicted octanol–water partition coefficient (Wildman–Crippen LogP) is 4.54. The van der Waals surface area contributed by atoms with Crippen molar-refractivity contribution in [2.45, 2.75) is 46.0 Å². The Morgan fingerprint density at radius 2 is 1.81 bits per heavy atom. The average molecular weight is 441 g/mol. The zero-order valence-electron chi connectivity index (χ0n) is 18.6. The molecular formula is C23H28N4O3S. The highest BCUT2D eigenvalue weighted by Gasteiger charge is 2.15. The van der Waals surface area contributed by atoms with E-state index < -0.39 is 0 Å². The maximum Gasteiger partial charge on any atom is 0.234 e. The molecule has 0 fully saturated rings. The summed E-state index contributed by atoms with van der Waals surface area (Å²) < 4.78 is 13.3. The second kappa shape index (κ2) is 10.3. The first-order chi connectivity index (χ1) is 14.9. The van der Waals surface area contributed by atoms with Gasteiger partial charge in [-0.3, -0.25) is 4.79 Å². The number of amides is 1. The standard InChI is InChI=1S/C23H28N4O3S/c1-6-27-21(13-30-19-10-8-16(3)12-20(19)29-5)25-26-23(27)31-14-22(28)24-18-11-15(2)7-9-17(18)4/h7-12H,6,13-14H2,1-5H3,(H,24,28). The molecule has 1 heterocycles. The summed E-state index contributed by atoms with van der Waals surface area (Å²) in [5.74, 6) is 2.20. The van der Waals surface area contributed by atoms with Crippen LogP contribution in [-0.4, -0.2) is 33.5 Å². The summed E-state index contributed by atoms with van der Waals surface area (Å²) in [5.41, 5.74) is 4.07. The Hall–Kier alpha value is -3.00. The highest BCUT2D eigenvalue weighted by Crippen LogP contribution is 2.29. The minimum absolute atomic E-state index is 0.0773. The van der Waals surface area contributed by atoms with Crippen LogP contribution in [0, 0.1) is 20.8 Å². The topological polar surface area (TPSA) is 78.3 Å². The molecule has 0 saturated carbocycles. The van der Waals surface area contributed by atoms with E-state index in [9.17, 15) is 4.79 Å². The normalized spacial score (nSPS) is 10.7. The molecular weight excluding hydrogens is 412 g/mol. The summed E-state index contributed by atoms with van der Waals surface area (Å²) >= 11 is 1.36. The molecule has 2 aromatic carbocycles. The molecule has 1 amide bonds. The van der Waals surface area contributed by atoms with Gasteiger partial charge in [0.05, 0.1) is 12.9 Å². The Balaban J connectivity index is 1.62. The van der Waals surface area contributed by atoms with Gasteiger partial charge in [0, 0.05) is 12.2 Å². The van der Waals surface area contributed by atoms with Gasteiger partial charge in [0.25, 0.3) is 0 Å². The largest absolute Gasteiger partial charge is 0.493 e. The van der Waals surface area contributed by atoms with Gasteiger partial charge in [0.15, 0.2) is 22.5 Å². The van der Waals surface area contributed by atoms with Gasteiger partial charge < -0.3 is 19.4 Å². The molecule has 7 nitrogen and oxygen atoms in total. The fourth-order valence-corrected chi connectivity index (χ4v) is 3.89. The molecule has 0 atom stereocenters. The van der Waals surface area contributed by atoms with Gasteiger partial charge in [-0.2, -0.15) is 0 Å². The quantitative estimate of drug-likeness (QED) is 0.492. The molecule has 1 N–H and O–H groups in total. The number of thioether (sulfide) groups is 1. The molecule has 31 heavy (non-hydrogen) atoms. The molecule has 3 aromatic rings. The first-order valence-corrected chi connectivity index (χ1v) is 11.1. The van der Waals surface area contributed by atoms with E-state index in [1.807, 2.05) is 68.7 Å². The van der Waals surface area contributed by atoms with Gasteiger partial charge >= 0.3 is 0 Å². The van der Waals surface area contributed by atoms with Crippen LogP contribution in [0.4, 0.5) is 5.69 Å². The SMILES string of the molecule is CCn1c(COc2ccc(C)cc2OC)nnc1SCC(=O)Nc1cc(C)ccc1C. The number of aryl methyl sites for hydroxylation is 3. The van der Waals surface area contributed by atoms with Crippen LogP contribution in [0.3, 0.4) is 0 Å². The third-order valence-electron chi connectivity index (χ3n) is 4.79. The van der Waals surface area contributed by atoms with Gasteiger partial charge in [0.1, 0.15) is 6.61 Å². The number of carbonyl (C=O) groups excluding carboxylic acids is 1. The summed E-state index contributed by atoms with van der Waals surface area (Å²) in [6, 6.07) is 11.8. The maximum atomic E-state index is 12.4. The van der Waals surface area contributed by atoms with Crippen LogP contribution in [0.25, 0.3) is 0 Å². The Morgan fingerprint density at radius 3 is 2.55 bits per heavy atom. The Morgan fingerprint density at radius 1 is 1.06 bits per heavy atom. The highest BCUT2D eigenvalue weighted by atomic mass is 32.2. The van der Waals surface area contributed by atoms with Crippen LogP contribution >= 0.6 is 11.8 Å². The fourth-order valence-electron chi connectivity index (χ4n) is 3.07. The zero-order valence-corrected chi connectivity index (χ0v) is 19.4. The lowest BCUT2D eigenvalue weighted by Crippen LogP contribution is -2.15. The van der Waals surface area contributed by atoms with E-state index in [1.54, 1.807) is 7.11 Å². The van der Waals surface area contributed by atoms with E-state index in [-0.39, 0.29) is 18.3 Å². The van der Waals surface area contributed by atoms with Crippen LogP contribution in [0.2, 0.25) is 0 Å². The van der Waals surface area contributed by atoms with E-state index >= 15 is 0 Å². The van der Waals surface area contributed by atoms with E-state index in [0.717, 1.165) is 22.4 Å². The monoisotopic (exact) mass is 440 g/mol. The number of rotatable bonds is 9. The minimum Gasteiger partial charge on any atom is -0.493 e. The number of aromatic nitrogens is 3. The lowest BCUT2D eigenvalue weighted by atomic mass is 10.1. The van der Waals surface area contributed by atoms with Crippen molar-refractivity contribution in [3.05, 3.63) is 58.9 Å². The van der Waals surface area contributed by atoms with Crippen LogP contribution in [0.5, 0.6) is 11.5 Å². The minimum atomic E-state index is -0.0773. The van der Waals surface area contributed by atoms with E-state index in [4.69, 9.17) is 9.47 Å². The van der Waals surface area contributed by atoms with Gasteiger partial charge in [-0.25, -0.2) is 0 Å². The molecule has 0 unspecified atom stereocenters. The van der Waals surface area contributed by atoms with Crippen molar-refractivity contribution in [1.29, 1.82) is 0 Å². The van der Waals surface area contributed by atoms with Crippen LogP contribution < -0.4 is 14.8 Å². The van der Waals surface area contributed by atoms with Gasteiger partial charge in [-0.05, 0) is 62.6 Å². The number of anilines is 1. The summed E-state index contributed by atoms with van der Waals surface area (Å²) in [4.78, 5) is 12.4. The molecule has 0 spiro atoms. The third-order valence-corrected chi connectivity index (χ3v) is 5.75. The number of carbonyl (C=O) groups is 1. The average Bonchev–Trinajstić information content (AvgIpc) is 3.15. The van der Waals surface area contributed by atoms with Crippen molar-refractivity contribution in [2.24, 2.45) is 0 Å². The predicted molar refractivity (Wildman–Crippen MR) is 123 cm³/mol. The smallest absolute Gasteiger partial charge is 0.234 e. The molecule has 0 bridgehead atoms. The number of nitrogens with one attached hydrogen (secondary N) is 1. The molecule has 0 radical (unpaired) electrons. The van der Waals surface area contributed by atoms with E-state index in [0.29, 0.717) is 29.0 Å². The molecule has 0 saturated heterocycles. The molecule has 1 aromatic heterocycles. The van der Waals surface area contributed by atoms with Gasteiger partial charge in [-0.15, -0.1) is 10.2 Å². The molecule has 8 heteroatoms. The number of ether oxygens (including phenoxy) is 2. The van der Waals surface area contributed by atoms with Crippen LogP contribution in [0.1, 0.15) is 29.4 Å². The molecule has 3 rings (SSSR count). The summed E-state index contributed by atoms with van der Waals surface area (Å²) in [6.07, 6.45) is 0. The number of hydrogen-bond donors (Lipinski definition) is 1. The summed E-state index contributed by atoms with van der Waals surface area (Å²) in [7, 11) is 1.62. The molecule has 164 valence electrons. The van der Waals surface area contributed by atoms with Gasteiger partial charge in [0.2, 0.25) is 5.91 Å². The van der Waals surface area contributed by atoms with Gasteiger partial charge in [-0.1, -0.05) is 30.0 Å². The summed E-state index contributed by atoms with van der Waals surface area (Å²) in [6.45, 7) is 8.93. The first kappa shape index (κ1) is 22.7. The Kier molecular flexibility index (Phi) is 7.57. The lowest BCUT2D eigenvalue weighted by molar-refractivity contribution is -0.113. The Bertz CT molecular complexity index is 1060. The van der Waals surface area contributed by atoms with Crippen LogP contribution in [0.15, 0.2) is 41.6 Å². The van der Waals surface area contributed by atoms with E-state index in [2.05, 4.69) is 15.5 Å². The highest BCUT2D eigenvalue weighted by molar-refractivity contribution is 7.99. The third kappa shape index (κ3) is 5.79. The van der Waals surface area contributed by atoms with Crippen molar-refractivity contribution in [2.75, 3.05) is 18.2 Å². The van der Waals surface area contributed by atoms with Crippen molar-refractivity contribution in [1.82, 2.24) is 14.8 Å². The maximum absolute atomic E-state index is 12.4. The number of benzene rings is 2.